The molecule has 1 atom stereocenters. The van der Waals surface area contributed by atoms with E-state index in [1.165, 1.54) is 5.56 Å². The number of hydrogen-bond donors (Lipinski definition) is 2. The van der Waals surface area contributed by atoms with E-state index < -0.39 is 12.3 Å². The molecule has 0 radical (unpaired) electrons. The van der Waals surface area contributed by atoms with Gasteiger partial charge in [-0.1, -0.05) is 36.3 Å². The minimum absolute atomic E-state index is 0.453. The first-order valence-corrected chi connectivity index (χ1v) is 5.68. The van der Waals surface area contributed by atoms with Crippen LogP contribution in [0.25, 0.3) is 0 Å². The quantitative estimate of drug-likeness (QED) is 0.566. The fourth-order valence-corrected chi connectivity index (χ4v) is 1.63. The molecule has 0 aliphatic carbocycles. The highest BCUT2D eigenvalue weighted by atomic mass is 16.3. The van der Waals surface area contributed by atoms with Crippen molar-refractivity contribution < 1.29 is 10.2 Å². The summed E-state index contributed by atoms with van der Waals surface area (Å²) in [6.45, 7) is 0.182. The minimum Gasteiger partial charge on any atom is -0.391 e. The first-order chi connectivity index (χ1) is 8.12. The van der Waals surface area contributed by atoms with E-state index in [0.29, 0.717) is 6.54 Å². The van der Waals surface area contributed by atoms with E-state index in [4.69, 9.17) is 11.5 Å². The third-order valence-corrected chi connectivity index (χ3v) is 2.88. The molecule has 3 nitrogen and oxygen atoms in total. The van der Waals surface area contributed by atoms with Gasteiger partial charge < -0.3 is 10.2 Å². The Labute approximate surface area is 103 Å². The number of likely N-dealkylation sites (N-methyl/N-ethyl adjacent to an activating group) is 1. The van der Waals surface area contributed by atoms with Crippen molar-refractivity contribution in [1.82, 2.24) is 4.90 Å². The van der Waals surface area contributed by atoms with Crippen molar-refractivity contribution in [2.45, 2.75) is 18.6 Å². The molecule has 1 aromatic rings. The lowest BCUT2D eigenvalue weighted by atomic mass is 10.1. The van der Waals surface area contributed by atoms with Gasteiger partial charge in [0, 0.05) is 6.54 Å². The van der Waals surface area contributed by atoms with Crippen LogP contribution in [-0.2, 0) is 6.42 Å². The molecule has 0 spiro atoms. The molecule has 17 heavy (non-hydrogen) atoms. The van der Waals surface area contributed by atoms with Crippen LogP contribution in [0.15, 0.2) is 30.3 Å². The smallest absolute Gasteiger partial charge is 0.205 e. The largest absolute Gasteiger partial charge is 0.391 e. The monoisotopic (exact) mass is 233 g/mol. The van der Waals surface area contributed by atoms with Gasteiger partial charge in [0.05, 0.1) is 6.61 Å². The van der Waals surface area contributed by atoms with Gasteiger partial charge in [0.25, 0.3) is 0 Å². The first-order valence-electron chi connectivity index (χ1n) is 5.68. The van der Waals surface area contributed by atoms with Crippen LogP contribution < -0.4 is 0 Å². The summed E-state index contributed by atoms with van der Waals surface area (Å²) in [5.41, 5.74) is -0.286. The maximum absolute atomic E-state index is 9.83. The molecule has 92 valence electrons. The molecule has 0 saturated heterocycles. The molecule has 0 saturated carbocycles. The molecule has 0 aromatic heterocycles. The Morgan fingerprint density at radius 2 is 2.00 bits per heavy atom. The molecule has 0 bridgehead atoms. The Morgan fingerprint density at radius 3 is 2.53 bits per heavy atom. The maximum Gasteiger partial charge on any atom is 0.205 e. The summed E-state index contributed by atoms with van der Waals surface area (Å²) in [5, 5.41) is 18.9. The summed E-state index contributed by atoms with van der Waals surface area (Å²) in [4.78, 5) is 1.59. The fraction of sp³-hybridized carbons (Fsp3) is 0.429. The van der Waals surface area contributed by atoms with E-state index in [2.05, 4.69) is 18.1 Å². The Balaban J connectivity index is 2.39. The Kier molecular flexibility index (Phi) is 5.17. The number of aliphatic hydroxyl groups is 2. The van der Waals surface area contributed by atoms with Crippen LogP contribution in [0.4, 0.5) is 0 Å². The second kappa shape index (κ2) is 6.41. The molecule has 0 aliphatic heterocycles. The van der Waals surface area contributed by atoms with Crippen LogP contribution in [0.5, 0.6) is 0 Å². The topological polar surface area (TPSA) is 43.7 Å². The lowest BCUT2D eigenvalue weighted by Gasteiger charge is -2.30. The van der Waals surface area contributed by atoms with Gasteiger partial charge in [-0.05, 0) is 25.5 Å². The highest BCUT2D eigenvalue weighted by Crippen LogP contribution is 2.10. The number of hydrogen-bond acceptors (Lipinski definition) is 3. The zero-order valence-electron chi connectivity index (χ0n) is 10.1. The molecule has 0 amide bonds. The Morgan fingerprint density at radius 1 is 1.35 bits per heavy atom. The minimum atomic E-state index is -1.54. The Hall–Kier alpha value is -1.34. The summed E-state index contributed by atoms with van der Waals surface area (Å²) in [5.74, 6) is 2.21. The van der Waals surface area contributed by atoms with Gasteiger partial charge in [0.2, 0.25) is 5.72 Å². The predicted octanol–water partition coefficient (Wildman–Crippen LogP) is 0.865. The van der Waals surface area contributed by atoms with E-state index in [0.717, 1.165) is 12.8 Å². The lowest BCUT2D eigenvalue weighted by Crippen LogP contribution is -2.48. The molecule has 1 aromatic carbocycles. The summed E-state index contributed by atoms with van der Waals surface area (Å²) in [6, 6.07) is 10.1. The van der Waals surface area contributed by atoms with Crippen LogP contribution in [-0.4, -0.2) is 41.0 Å². The standard InChI is InChI=1S/C14H19NO2/c1-3-14(17,12-16)15(2)11-7-10-13-8-5-4-6-9-13/h1,4-6,8-9,16-17H,7,10-12H2,2H3. The predicted molar refractivity (Wildman–Crippen MR) is 68.3 cm³/mol. The molecular weight excluding hydrogens is 214 g/mol. The van der Waals surface area contributed by atoms with E-state index >= 15 is 0 Å². The fourth-order valence-electron chi connectivity index (χ4n) is 1.63. The van der Waals surface area contributed by atoms with E-state index in [1.54, 1.807) is 11.9 Å². The number of rotatable bonds is 6. The number of aryl methyl sites for hydroxylation is 1. The molecule has 0 aliphatic rings. The van der Waals surface area contributed by atoms with Gasteiger partial charge in [0.1, 0.15) is 0 Å². The molecule has 1 rings (SSSR count). The van der Waals surface area contributed by atoms with Gasteiger partial charge in [0.15, 0.2) is 0 Å². The van der Waals surface area contributed by atoms with Crippen LogP contribution in [0.2, 0.25) is 0 Å². The third kappa shape index (κ3) is 3.86. The van der Waals surface area contributed by atoms with E-state index in [9.17, 15) is 5.11 Å². The van der Waals surface area contributed by atoms with Gasteiger partial charge in [-0.2, -0.15) is 0 Å². The molecule has 0 heterocycles. The van der Waals surface area contributed by atoms with Gasteiger partial charge in [-0.25, -0.2) is 0 Å². The second-order valence-corrected chi connectivity index (χ2v) is 4.13. The Bertz CT molecular complexity index is 372. The zero-order valence-corrected chi connectivity index (χ0v) is 10.1. The number of benzene rings is 1. The molecule has 0 fully saturated rings. The molecular formula is C14H19NO2. The van der Waals surface area contributed by atoms with Crippen molar-refractivity contribution in [3.63, 3.8) is 0 Å². The highest BCUT2D eigenvalue weighted by Gasteiger charge is 2.27. The second-order valence-electron chi connectivity index (χ2n) is 4.13. The van der Waals surface area contributed by atoms with Crippen molar-refractivity contribution in [2.75, 3.05) is 20.2 Å². The third-order valence-electron chi connectivity index (χ3n) is 2.88. The van der Waals surface area contributed by atoms with Crippen LogP contribution in [0.3, 0.4) is 0 Å². The highest BCUT2D eigenvalue weighted by molar-refractivity contribution is 5.14. The van der Waals surface area contributed by atoms with Crippen LogP contribution in [0, 0.1) is 12.3 Å². The van der Waals surface area contributed by atoms with Crippen molar-refractivity contribution in [1.29, 1.82) is 0 Å². The first kappa shape index (κ1) is 13.7. The molecule has 3 heteroatoms. The van der Waals surface area contributed by atoms with E-state index in [-0.39, 0.29) is 0 Å². The lowest BCUT2D eigenvalue weighted by molar-refractivity contribution is -0.0807. The van der Waals surface area contributed by atoms with Gasteiger partial charge >= 0.3 is 0 Å². The SMILES string of the molecule is C#CC(O)(CO)N(C)CCCc1ccccc1. The van der Waals surface area contributed by atoms with Crippen molar-refractivity contribution >= 4 is 0 Å². The average Bonchev–Trinajstić information content (AvgIpc) is 2.39. The summed E-state index contributed by atoms with van der Waals surface area (Å²) < 4.78 is 0. The average molecular weight is 233 g/mol. The number of terminal acetylenes is 1. The summed E-state index contributed by atoms with van der Waals surface area (Å²) in [6.07, 6.45) is 7.01. The zero-order chi connectivity index (χ0) is 12.7. The van der Waals surface area contributed by atoms with Crippen LogP contribution >= 0.6 is 0 Å². The van der Waals surface area contributed by atoms with Crippen molar-refractivity contribution in [3.8, 4) is 12.3 Å². The molecule has 1 unspecified atom stereocenters. The van der Waals surface area contributed by atoms with Crippen LogP contribution in [0.1, 0.15) is 12.0 Å². The molecule has 2 N–H and O–H groups in total. The van der Waals surface area contributed by atoms with Gasteiger partial charge in [-0.3, -0.25) is 4.90 Å². The van der Waals surface area contributed by atoms with Crippen molar-refractivity contribution in [2.24, 2.45) is 0 Å². The normalized spacial score (nSPS) is 14.3. The summed E-state index contributed by atoms with van der Waals surface area (Å²) >= 11 is 0. The number of aliphatic hydroxyl groups excluding tert-OH is 1. The summed E-state index contributed by atoms with van der Waals surface area (Å²) in [7, 11) is 1.71. The van der Waals surface area contributed by atoms with Gasteiger partial charge in [-0.15, -0.1) is 6.42 Å². The van der Waals surface area contributed by atoms with E-state index in [1.807, 2.05) is 18.2 Å². The number of nitrogens with zero attached hydrogens (tertiary/aromatic N) is 1. The maximum atomic E-state index is 9.83. The van der Waals surface area contributed by atoms with Crippen molar-refractivity contribution in [3.05, 3.63) is 35.9 Å².